The fraction of sp³-hybridized carbons (Fsp3) is 0.381. The first-order valence-corrected chi connectivity index (χ1v) is 10.9. The standard InChI is InChI=1S/C21H29N3O3S/c1-17-10-11-20(16-18(17)2)28(26,27)23-14-12-21(25)22-13-7-15-24(3)19-8-5-4-6-9-19/h4-6,8-11,16,23H,7,12-15H2,1-3H3,(H,22,25). The second-order valence-corrected chi connectivity index (χ2v) is 8.62. The molecule has 7 heteroatoms. The van der Waals surface area contributed by atoms with E-state index in [2.05, 4.69) is 14.9 Å². The molecule has 0 fully saturated rings. The van der Waals surface area contributed by atoms with Crippen LogP contribution in [0.15, 0.2) is 53.4 Å². The van der Waals surface area contributed by atoms with Crippen LogP contribution in [0.5, 0.6) is 0 Å². The summed E-state index contributed by atoms with van der Waals surface area (Å²) in [5, 5.41) is 2.83. The van der Waals surface area contributed by atoms with Gasteiger partial charge in [0, 0.05) is 38.8 Å². The van der Waals surface area contributed by atoms with E-state index in [1.807, 2.05) is 51.2 Å². The second-order valence-electron chi connectivity index (χ2n) is 6.85. The van der Waals surface area contributed by atoms with Crippen LogP contribution >= 0.6 is 0 Å². The van der Waals surface area contributed by atoms with Crippen LogP contribution in [0, 0.1) is 13.8 Å². The van der Waals surface area contributed by atoms with E-state index in [4.69, 9.17) is 0 Å². The highest BCUT2D eigenvalue weighted by Gasteiger charge is 2.14. The number of rotatable bonds is 10. The molecule has 0 saturated carbocycles. The molecule has 1 amide bonds. The maximum Gasteiger partial charge on any atom is 0.240 e. The van der Waals surface area contributed by atoms with E-state index in [-0.39, 0.29) is 23.8 Å². The zero-order valence-electron chi connectivity index (χ0n) is 16.7. The van der Waals surface area contributed by atoms with E-state index in [1.165, 1.54) is 0 Å². The first kappa shape index (κ1) is 21.9. The van der Waals surface area contributed by atoms with Crippen molar-refractivity contribution in [2.24, 2.45) is 0 Å². The molecule has 6 nitrogen and oxygen atoms in total. The Kier molecular flexibility index (Phi) is 8.02. The molecule has 2 N–H and O–H groups in total. The molecular weight excluding hydrogens is 374 g/mol. The topological polar surface area (TPSA) is 78.5 Å². The second kappa shape index (κ2) is 10.2. The molecular formula is C21H29N3O3S. The quantitative estimate of drug-likeness (QED) is 0.598. The van der Waals surface area contributed by atoms with E-state index in [0.29, 0.717) is 6.54 Å². The number of hydrogen-bond donors (Lipinski definition) is 2. The predicted octanol–water partition coefficient (Wildman–Crippen LogP) is 2.61. The molecule has 2 aromatic rings. The number of nitrogens with one attached hydrogen (secondary N) is 2. The SMILES string of the molecule is Cc1ccc(S(=O)(=O)NCCC(=O)NCCCN(C)c2ccccc2)cc1C. The number of para-hydroxylation sites is 1. The van der Waals surface area contributed by atoms with Crippen molar-refractivity contribution in [3.63, 3.8) is 0 Å². The van der Waals surface area contributed by atoms with Gasteiger partial charge in [-0.15, -0.1) is 0 Å². The van der Waals surface area contributed by atoms with E-state index >= 15 is 0 Å². The number of nitrogens with zero attached hydrogens (tertiary/aromatic N) is 1. The molecule has 0 saturated heterocycles. The van der Waals surface area contributed by atoms with Gasteiger partial charge in [0.05, 0.1) is 4.90 Å². The largest absolute Gasteiger partial charge is 0.375 e. The smallest absolute Gasteiger partial charge is 0.240 e. The van der Waals surface area contributed by atoms with E-state index < -0.39 is 10.0 Å². The Bertz CT molecular complexity index is 883. The highest BCUT2D eigenvalue weighted by molar-refractivity contribution is 7.89. The number of anilines is 1. The average Bonchev–Trinajstić information content (AvgIpc) is 2.67. The van der Waals surface area contributed by atoms with Gasteiger partial charge in [0.2, 0.25) is 15.9 Å². The summed E-state index contributed by atoms with van der Waals surface area (Å²) in [4.78, 5) is 14.3. The first-order valence-electron chi connectivity index (χ1n) is 9.39. The predicted molar refractivity (Wildman–Crippen MR) is 113 cm³/mol. The third-order valence-corrected chi connectivity index (χ3v) is 6.08. The van der Waals surface area contributed by atoms with Gasteiger partial charge in [-0.1, -0.05) is 24.3 Å². The van der Waals surface area contributed by atoms with Gasteiger partial charge in [-0.2, -0.15) is 0 Å². The minimum atomic E-state index is -3.60. The summed E-state index contributed by atoms with van der Waals surface area (Å²) in [5.74, 6) is -0.162. The molecule has 2 rings (SSSR count). The van der Waals surface area contributed by atoms with Gasteiger partial charge in [0.1, 0.15) is 0 Å². The lowest BCUT2D eigenvalue weighted by atomic mass is 10.1. The minimum Gasteiger partial charge on any atom is -0.375 e. The fourth-order valence-corrected chi connectivity index (χ4v) is 3.82. The van der Waals surface area contributed by atoms with Crippen molar-refractivity contribution in [3.8, 4) is 0 Å². The molecule has 0 aliphatic carbocycles. The average molecular weight is 404 g/mol. The number of amides is 1. The lowest BCUT2D eigenvalue weighted by Crippen LogP contribution is -2.32. The molecule has 0 atom stereocenters. The lowest BCUT2D eigenvalue weighted by molar-refractivity contribution is -0.120. The van der Waals surface area contributed by atoms with Crippen molar-refractivity contribution in [1.29, 1.82) is 0 Å². The van der Waals surface area contributed by atoms with E-state index in [1.54, 1.807) is 18.2 Å². The van der Waals surface area contributed by atoms with Gasteiger partial charge in [-0.25, -0.2) is 13.1 Å². The Balaban J connectivity index is 1.67. The molecule has 0 aliphatic rings. The number of sulfonamides is 1. The highest BCUT2D eigenvalue weighted by Crippen LogP contribution is 2.14. The summed E-state index contributed by atoms with van der Waals surface area (Å²) in [6.45, 7) is 5.26. The minimum absolute atomic E-state index is 0.0744. The van der Waals surface area contributed by atoms with Gasteiger partial charge in [-0.3, -0.25) is 4.79 Å². The molecule has 0 radical (unpaired) electrons. The number of carbonyl (C=O) groups excluding carboxylic acids is 1. The molecule has 28 heavy (non-hydrogen) atoms. The van der Waals surface area contributed by atoms with Crippen LogP contribution in [0.2, 0.25) is 0 Å². The summed E-state index contributed by atoms with van der Waals surface area (Å²) in [6.07, 6.45) is 0.921. The summed E-state index contributed by atoms with van der Waals surface area (Å²) in [6, 6.07) is 15.0. The molecule has 0 aromatic heterocycles. The van der Waals surface area contributed by atoms with Crippen LogP contribution in [0.1, 0.15) is 24.0 Å². The van der Waals surface area contributed by atoms with Crippen LogP contribution in [-0.2, 0) is 14.8 Å². The molecule has 152 valence electrons. The Morgan fingerprint density at radius 3 is 2.39 bits per heavy atom. The van der Waals surface area contributed by atoms with Gasteiger partial charge < -0.3 is 10.2 Å². The molecule has 0 unspecified atom stereocenters. The molecule has 0 bridgehead atoms. The van der Waals surface area contributed by atoms with Gasteiger partial charge in [0.15, 0.2) is 0 Å². The Morgan fingerprint density at radius 2 is 1.71 bits per heavy atom. The first-order chi connectivity index (χ1) is 13.3. The van der Waals surface area contributed by atoms with Crippen LogP contribution < -0.4 is 14.9 Å². The van der Waals surface area contributed by atoms with Gasteiger partial charge in [-0.05, 0) is 55.7 Å². The monoisotopic (exact) mass is 403 g/mol. The van der Waals surface area contributed by atoms with Gasteiger partial charge in [0.25, 0.3) is 0 Å². The Labute approximate surface area is 168 Å². The van der Waals surface area contributed by atoms with Crippen molar-refractivity contribution < 1.29 is 13.2 Å². The van der Waals surface area contributed by atoms with E-state index in [0.717, 1.165) is 29.8 Å². The molecule has 0 heterocycles. The van der Waals surface area contributed by atoms with Crippen LogP contribution in [-0.4, -0.2) is 41.0 Å². The number of carbonyl (C=O) groups is 1. The van der Waals surface area contributed by atoms with Crippen molar-refractivity contribution in [2.75, 3.05) is 31.6 Å². The molecule has 0 spiro atoms. The number of benzene rings is 2. The van der Waals surface area contributed by atoms with Crippen LogP contribution in [0.25, 0.3) is 0 Å². The summed E-state index contributed by atoms with van der Waals surface area (Å²) < 4.78 is 27.1. The van der Waals surface area contributed by atoms with Crippen LogP contribution in [0.3, 0.4) is 0 Å². The van der Waals surface area contributed by atoms with Crippen LogP contribution in [0.4, 0.5) is 5.69 Å². The molecule has 2 aromatic carbocycles. The zero-order chi connectivity index (χ0) is 20.6. The third kappa shape index (κ3) is 6.65. The van der Waals surface area contributed by atoms with Crippen molar-refractivity contribution in [2.45, 2.75) is 31.6 Å². The fourth-order valence-electron chi connectivity index (χ4n) is 2.71. The Morgan fingerprint density at radius 1 is 1.00 bits per heavy atom. The molecule has 0 aliphatic heterocycles. The highest BCUT2D eigenvalue weighted by atomic mass is 32.2. The van der Waals surface area contributed by atoms with E-state index in [9.17, 15) is 13.2 Å². The van der Waals surface area contributed by atoms with Crippen molar-refractivity contribution >= 4 is 21.6 Å². The maximum atomic E-state index is 12.3. The maximum absolute atomic E-state index is 12.3. The third-order valence-electron chi connectivity index (χ3n) is 4.62. The summed E-state index contributed by atoms with van der Waals surface area (Å²) in [7, 11) is -1.59. The Hall–Kier alpha value is -2.38. The summed E-state index contributed by atoms with van der Waals surface area (Å²) in [5.41, 5.74) is 3.09. The number of aryl methyl sites for hydroxylation is 2. The summed E-state index contributed by atoms with van der Waals surface area (Å²) >= 11 is 0. The van der Waals surface area contributed by atoms with Crippen molar-refractivity contribution in [3.05, 3.63) is 59.7 Å². The number of hydrogen-bond acceptors (Lipinski definition) is 4. The zero-order valence-corrected chi connectivity index (χ0v) is 17.6. The van der Waals surface area contributed by atoms with Gasteiger partial charge >= 0.3 is 0 Å². The normalized spacial score (nSPS) is 11.2. The van der Waals surface area contributed by atoms with Crippen molar-refractivity contribution in [1.82, 2.24) is 10.0 Å². The lowest BCUT2D eigenvalue weighted by Gasteiger charge is -2.19.